The molecule has 9 heteroatoms. The summed E-state index contributed by atoms with van der Waals surface area (Å²) in [4.78, 5) is 10.6. The van der Waals surface area contributed by atoms with E-state index < -0.39 is 39.5 Å². The van der Waals surface area contributed by atoms with E-state index in [-0.39, 0.29) is 0 Å². The third-order valence-corrected chi connectivity index (χ3v) is 5.04. The van der Waals surface area contributed by atoms with Crippen LogP contribution < -0.4 is 0 Å². The smallest absolute Gasteiger partial charge is 0.453 e. The first-order valence-corrected chi connectivity index (χ1v) is 7.00. The Morgan fingerprint density at radius 1 is 1.11 bits per heavy atom. The van der Waals surface area contributed by atoms with Crippen LogP contribution in [0.3, 0.4) is 0 Å². The molecule has 0 N–H and O–H groups in total. The summed E-state index contributed by atoms with van der Waals surface area (Å²) in [6.45, 7) is 0.926. The number of hydrogen-bond donors (Lipinski definition) is 0. The highest BCUT2D eigenvalue weighted by Crippen LogP contribution is 2.24. The van der Waals surface area contributed by atoms with Crippen molar-refractivity contribution in [3.05, 3.63) is 0 Å². The quantitative estimate of drug-likeness (QED) is 0.499. The van der Waals surface area contributed by atoms with Crippen molar-refractivity contribution in [3.63, 3.8) is 0 Å². The standard InChI is InChI=1S/C9H17F3O5Si/c1-6(13)17-8(9(11)12)7(10)5-18(14-2,15-3)16-4/h7-9H,5H2,1-4H3. The van der Waals surface area contributed by atoms with Crippen molar-refractivity contribution >= 4 is 14.8 Å². The van der Waals surface area contributed by atoms with Crippen LogP contribution in [0.2, 0.25) is 6.04 Å². The van der Waals surface area contributed by atoms with Crippen molar-refractivity contribution in [2.24, 2.45) is 0 Å². The number of alkyl halides is 3. The Hall–Kier alpha value is -0.643. The van der Waals surface area contributed by atoms with Gasteiger partial charge in [-0.15, -0.1) is 0 Å². The van der Waals surface area contributed by atoms with E-state index in [1.807, 2.05) is 0 Å². The molecule has 0 aromatic rings. The van der Waals surface area contributed by atoms with Gasteiger partial charge >= 0.3 is 14.8 Å². The molecule has 0 aromatic heterocycles. The van der Waals surface area contributed by atoms with Gasteiger partial charge in [-0.25, -0.2) is 13.2 Å². The lowest BCUT2D eigenvalue weighted by Gasteiger charge is -2.28. The first kappa shape index (κ1) is 17.4. The lowest BCUT2D eigenvalue weighted by Crippen LogP contribution is -2.48. The summed E-state index contributed by atoms with van der Waals surface area (Å²) in [5.41, 5.74) is 0. The van der Waals surface area contributed by atoms with Crippen LogP contribution in [0.1, 0.15) is 6.92 Å². The number of hydrogen-bond acceptors (Lipinski definition) is 5. The van der Waals surface area contributed by atoms with Crippen LogP contribution in [0.15, 0.2) is 0 Å². The summed E-state index contributed by atoms with van der Waals surface area (Å²) >= 11 is 0. The normalized spacial score (nSPS) is 15.6. The monoisotopic (exact) mass is 290 g/mol. The molecule has 108 valence electrons. The molecule has 0 aliphatic heterocycles. The summed E-state index contributed by atoms with van der Waals surface area (Å²) in [7, 11) is 0.354. The third-order valence-electron chi connectivity index (χ3n) is 2.28. The molecule has 2 atom stereocenters. The summed E-state index contributed by atoms with van der Waals surface area (Å²) in [5.74, 6) is -0.984. The fraction of sp³-hybridized carbons (Fsp3) is 0.889. The van der Waals surface area contributed by atoms with E-state index in [1.54, 1.807) is 0 Å². The van der Waals surface area contributed by atoms with E-state index in [0.717, 1.165) is 6.92 Å². The van der Waals surface area contributed by atoms with Gasteiger partial charge < -0.3 is 18.0 Å². The molecule has 0 aliphatic rings. The van der Waals surface area contributed by atoms with E-state index in [9.17, 15) is 18.0 Å². The second kappa shape index (κ2) is 7.72. The van der Waals surface area contributed by atoms with Gasteiger partial charge in [0, 0.05) is 28.3 Å². The lowest BCUT2D eigenvalue weighted by atomic mass is 10.2. The predicted molar refractivity (Wildman–Crippen MR) is 58.0 cm³/mol. The van der Waals surface area contributed by atoms with Gasteiger partial charge in [0.1, 0.15) is 6.17 Å². The van der Waals surface area contributed by atoms with Crippen molar-refractivity contribution in [1.29, 1.82) is 0 Å². The molecule has 0 amide bonds. The average Bonchev–Trinajstić information content (AvgIpc) is 2.32. The number of ether oxygens (including phenoxy) is 1. The topological polar surface area (TPSA) is 54.0 Å². The maximum atomic E-state index is 13.8. The Morgan fingerprint density at radius 3 is 1.83 bits per heavy atom. The first-order chi connectivity index (χ1) is 8.31. The van der Waals surface area contributed by atoms with Crippen LogP contribution in [0.4, 0.5) is 13.2 Å². The highest BCUT2D eigenvalue weighted by molar-refractivity contribution is 6.60. The third kappa shape index (κ3) is 4.92. The Balaban J connectivity index is 4.76. The Morgan fingerprint density at radius 2 is 1.56 bits per heavy atom. The van der Waals surface area contributed by atoms with Crippen molar-refractivity contribution < 1.29 is 36.0 Å². The van der Waals surface area contributed by atoms with E-state index in [2.05, 4.69) is 4.74 Å². The first-order valence-electron chi connectivity index (χ1n) is 5.06. The van der Waals surface area contributed by atoms with E-state index in [4.69, 9.17) is 13.3 Å². The number of carbonyl (C=O) groups excluding carboxylic acids is 1. The van der Waals surface area contributed by atoms with Gasteiger partial charge in [0.2, 0.25) is 0 Å². The second-order valence-corrected chi connectivity index (χ2v) is 6.42. The van der Waals surface area contributed by atoms with Gasteiger partial charge in [-0.3, -0.25) is 4.79 Å². The molecule has 0 bridgehead atoms. The maximum absolute atomic E-state index is 13.8. The van der Waals surface area contributed by atoms with Gasteiger partial charge in [0.05, 0.1) is 6.04 Å². The summed E-state index contributed by atoms with van der Waals surface area (Å²) in [5, 5.41) is 0. The van der Waals surface area contributed by atoms with Gasteiger partial charge in [0.25, 0.3) is 6.43 Å². The van der Waals surface area contributed by atoms with Crippen LogP contribution in [-0.2, 0) is 22.8 Å². The van der Waals surface area contributed by atoms with E-state index in [0.29, 0.717) is 0 Å². The fourth-order valence-electron chi connectivity index (χ4n) is 1.33. The number of rotatable bonds is 8. The Bertz CT molecular complexity index is 254. The average molecular weight is 290 g/mol. The predicted octanol–water partition coefficient (Wildman–Crippen LogP) is 1.40. The molecular formula is C9H17F3O5Si. The van der Waals surface area contributed by atoms with Crippen LogP contribution in [0.5, 0.6) is 0 Å². The zero-order chi connectivity index (χ0) is 14.3. The van der Waals surface area contributed by atoms with Crippen LogP contribution in [0.25, 0.3) is 0 Å². The second-order valence-electron chi connectivity index (χ2n) is 3.42. The zero-order valence-electron chi connectivity index (χ0n) is 10.6. The molecule has 2 unspecified atom stereocenters. The lowest BCUT2D eigenvalue weighted by molar-refractivity contribution is -0.160. The molecule has 0 saturated carbocycles. The van der Waals surface area contributed by atoms with Crippen molar-refractivity contribution in [1.82, 2.24) is 0 Å². The molecule has 0 radical (unpaired) electrons. The fourth-order valence-corrected chi connectivity index (χ4v) is 3.04. The highest BCUT2D eigenvalue weighted by Gasteiger charge is 2.46. The summed E-state index contributed by atoms with van der Waals surface area (Å²) in [6, 6.07) is -0.529. The molecule has 0 heterocycles. The van der Waals surface area contributed by atoms with Gasteiger partial charge in [0.15, 0.2) is 6.10 Å². The van der Waals surface area contributed by atoms with Crippen LogP contribution in [-0.4, -0.2) is 54.8 Å². The van der Waals surface area contributed by atoms with Crippen molar-refractivity contribution in [2.45, 2.75) is 31.7 Å². The molecule has 0 spiro atoms. The van der Waals surface area contributed by atoms with E-state index in [1.165, 1.54) is 21.3 Å². The van der Waals surface area contributed by atoms with Gasteiger partial charge in [-0.2, -0.15) is 0 Å². The van der Waals surface area contributed by atoms with Gasteiger partial charge in [-0.05, 0) is 0 Å². The Kier molecular flexibility index (Phi) is 7.44. The molecule has 0 aromatic carbocycles. The van der Waals surface area contributed by atoms with Gasteiger partial charge in [-0.1, -0.05) is 0 Å². The molecular weight excluding hydrogens is 273 g/mol. The molecule has 0 saturated heterocycles. The molecule has 0 rings (SSSR count). The summed E-state index contributed by atoms with van der Waals surface area (Å²) < 4.78 is 57.9. The zero-order valence-corrected chi connectivity index (χ0v) is 11.6. The molecule has 5 nitrogen and oxygen atoms in total. The maximum Gasteiger partial charge on any atom is 0.503 e. The largest absolute Gasteiger partial charge is 0.503 e. The molecule has 18 heavy (non-hydrogen) atoms. The molecule has 0 fully saturated rings. The van der Waals surface area contributed by atoms with E-state index >= 15 is 0 Å². The van der Waals surface area contributed by atoms with Crippen molar-refractivity contribution in [2.75, 3.05) is 21.3 Å². The minimum absolute atomic E-state index is 0.529. The van der Waals surface area contributed by atoms with Crippen LogP contribution >= 0.6 is 0 Å². The minimum Gasteiger partial charge on any atom is -0.453 e. The van der Waals surface area contributed by atoms with Crippen molar-refractivity contribution in [3.8, 4) is 0 Å². The number of esters is 1. The molecule has 0 aliphatic carbocycles. The number of carbonyl (C=O) groups is 1. The minimum atomic E-state index is -3.34. The Labute approximate surface area is 105 Å². The number of halogens is 3. The summed E-state index contributed by atoms with van der Waals surface area (Å²) in [6.07, 6.45) is -7.43. The SMILES string of the molecule is CO[Si](CC(F)C(OC(C)=O)C(F)F)(OC)OC. The highest BCUT2D eigenvalue weighted by atomic mass is 28.4. The van der Waals surface area contributed by atoms with Crippen LogP contribution in [0, 0.1) is 0 Å².